The molecule has 1 atom stereocenters. The number of rotatable bonds is 5. The van der Waals surface area contributed by atoms with Gasteiger partial charge < -0.3 is 15.2 Å². The van der Waals surface area contributed by atoms with Crippen LogP contribution in [-0.2, 0) is 9.53 Å². The zero-order chi connectivity index (χ0) is 14.4. The first-order valence-corrected chi connectivity index (χ1v) is 5.42. The Morgan fingerprint density at radius 1 is 1.32 bits per heavy atom. The standard InChI is InChI=1S/C13H13NO5/c1-3-11(15)14-8(2)19-13(18)10-7-5-4-6-9(10)12(16)17/h3-8H,1H2,2H3,(H,14,15)(H,16,17). The van der Waals surface area contributed by atoms with Gasteiger partial charge in [0.2, 0.25) is 5.91 Å². The van der Waals surface area contributed by atoms with Crippen LogP contribution in [0.25, 0.3) is 0 Å². The zero-order valence-corrected chi connectivity index (χ0v) is 10.3. The molecular weight excluding hydrogens is 250 g/mol. The van der Waals surface area contributed by atoms with E-state index in [2.05, 4.69) is 11.9 Å². The summed E-state index contributed by atoms with van der Waals surface area (Å²) >= 11 is 0. The lowest BCUT2D eigenvalue weighted by molar-refractivity contribution is -0.119. The molecule has 1 unspecified atom stereocenters. The van der Waals surface area contributed by atoms with Crippen molar-refractivity contribution in [2.45, 2.75) is 13.2 Å². The highest BCUT2D eigenvalue weighted by Crippen LogP contribution is 2.11. The highest BCUT2D eigenvalue weighted by Gasteiger charge is 2.19. The SMILES string of the molecule is C=CC(=O)NC(C)OC(=O)c1ccccc1C(=O)O. The van der Waals surface area contributed by atoms with Gasteiger partial charge in [0.05, 0.1) is 11.1 Å². The Morgan fingerprint density at radius 3 is 2.42 bits per heavy atom. The summed E-state index contributed by atoms with van der Waals surface area (Å²) in [6.07, 6.45) is 0.148. The molecule has 0 aliphatic rings. The molecule has 19 heavy (non-hydrogen) atoms. The lowest BCUT2D eigenvalue weighted by atomic mass is 10.1. The largest absolute Gasteiger partial charge is 0.478 e. The Kier molecular flexibility index (Phi) is 4.82. The first kappa shape index (κ1) is 14.4. The van der Waals surface area contributed by atoms with Gasteiger partial charge in [0.1, 0.15) is 0 Å². The van der Waals surface area contributed by atoms with Gasteiger partial charge in [0.15, 0.2) is 6.23 Å². The smallest absolute Gasteiger partial charge is 0.340 e. The summed E-state index contributed by atoms with van der Waals surface area (Å²) < 4.78 is 4.92. The lowest BCUT2D eigenvalue weighted by Gasteiger charge is -2.14. The number of ether oxygens (including phenoxy) is 1. The van der Waals surface area contributed by atoms with Crippen LogP contribution in [0.2, 0.25) is 0 Å². The fourth-order valence-electron chi connectivity index (χ4n) is 1.36. The molecule has 1 aromatic rings. The highest BCUT2D eigenvalue weighted by molar-refractivity contribution is 6.02. The maximum atomic E-state index is 11.8. The van der Waals surface area contributed by atoms with Crippen molar-refractivity contribution in [3.8, 4) is 0 Å². The summed E-state index contributed by atoms with van der Waals surface area (Å²) in [6.45, 7) is 4.71. The second-order valence-corrected chi connectivity index (χ2v) is 3.61. The molecule has 2 N–H and O–H groups in total. The second kappa shape index (κ2) is 6.34. The minimum Gasteiger partial charge on any atom is -0.478 e. The average Bonchev–Trinajstić information content (AvgIpc) is 2.38. The number of esters is 1. The van der Waals surface area contributed by atoms with Crippen LogP contribution >= 0.6 is 0 Å². The van der Waals surface area contributed by atoms with Crippen LogP contribution < -0.4 is 5.32 Å². The molecule has 0 fully saturated rings. The predicted molar refractivity (Wildman–Crippen MR) is 66.6 cm³/mol. The van der Waals surface area contributed by atoms with Crippen molar-refractivity contribution in [2.24, 2.45) is 0 Å². The van der Waals surface area contributed by atoms with E-state index in [0.717, 1.165) is 6.08 Å². The van der Waals surface area contributed by atoms with E-state index in [1.165, 1.54) is 31.2 Å². The summed E-state index contributed by atoms with van der Waals surface area (Å²) in [5, 5.41) is 11.3. The quantitative estimate of drug-likeness (QED) is 0.473. The van der Waals surface area contributed by atoms with Gasteiger partial charge in [-0.05, 0) is 25.1 Å². The molecule has 0 saturated carbocycles. The number of hydrogen-bond donors (Lipinski definition) is 2. The summed E-state index contributed by atoms with van der Waals surface area (Å²) in [5.41, 5.74) is -0.232. The molecule has 1 aromatic carbocycles. The first-order valence-electron chi connectivity index (χ1n) is 5.42. The molecular formula is C13H13NO5. The Labute approximate surface area is 109 Å². The van der Waals surface area contributed by atoms with Gasteiger partial charge in [0, 0.05) is 0 Å². The van der Waals surface area contributed by atoms with Crippen LogP contribution in [0.4, 0.5) is 0 Å². The van der Waals surface area contributed by atoms with Crippen molar-refractivity contribution in [3.05, 3.63) is 48.0 Å². The van der Waals surface area contributed by atoms with Crippen LogP contribution in [0.5, 0.6) is 0 Å². The highest BCUT2D eigenvalue weighted by atomic mass is 16.6. The topological polar surface area (TPSA) is 92.7 Å². The van der Waals surface area contributed by atoms with Crippen molar-refractivity contribution >= 4 is 17.8 Å². The van der Waals surface area contributed by atoms with Gasteiger partial charge in [0.25, 0.3) is 0 Å². The molecule has 0 radical (unpaired) electrons. The minimum absolute atomic E-state index is 0.0743. The Hall–Kier alpha value is -2.63. The number of carbonyl (C=O) groups excluding carboxylic acids is 2. The molecule has 0 spiro atoms. The van der Waals surface area contributed by atoms with E-state index in [0.29, 0.717) is 0 Å². The van der Waals surface area contributed by atoms with Gasteiger partial charge in [-0.25, -0.2) is 9.59 Å². The lowest BCUT2D eigenvalue weighted by Crippen LogP contribution is -2.35. The molecule has 1 amide bonds. The second-order valence-electron chi connectivity index (χ2n) is 3.61. The summed E-state index contributed by atoms with van der Waals surface area (Å²) in [6, 6.07) is 5.67. The number of hydrogen-bond acceptors (Lipinski definition) is 4. The Bertz CT molecular complexity index is 524. The van der Waals surface area contributed by atoms with Gasteiger partial charge in [-0.2, -0.15) is 0 Å². The summed E-state index contributed by atoms with van der Waals surface area (Å²) in [7, 11) is 0. The average molecular weight is 263 g/mol. The van der Waals surface area contributed by atoms with Crippen molar-refractivity contribution in [1.29, 1.82) is 0 Å². The van der Waals surface area contributed by atoms with Crippen LogP contribution in [0.15, 0.2) is 36.9 Å². The third kappa shape index (κ3) is 3.95. The summed E-state index contributed by atoms with van der Waals surface area (Å²) in [5.74, 6) is -2.54. The van der Waals surface area contributed by atoms with E-state index in [1.54, 1.807) is 0 Å². The van der Waals surface area contributed by atoms with E-state index in [4.69, 9.17) is 9.84 Å². The molecule has 0 heterocycles. The molecule has 6 heteroatoms. The minimum atomic E-state index is -1.23. The predicted octanol–water partition coefficient (Wildman–Crippen LogP) is 1.19. The van der Waals surface area contributed by atoms with Crippen LogP contribution in [0.3, 0.4) is 0 Å². The number of amides is 1. The molecule has 0 saturated heterocycles. The number of carboxylic acids is 1. The molecule has 0 bridgehead atoms. The molecule has 0 aliphatic carbocycles. The molecule has 0 aromatic heterocycles. The monoisotopic (exact) mass is 263 g/mol. The fraction of sp³-hybridized carbons (Fsp3) is 0.154. The third-order valence-electron chi connectivity index (χ3n) is 2.19. The molecule has 0 aliphatic heterocycles. The van der Waals surface area contributed by atoms with E-state index in [-0.39, 0.29) is 11.1 Å². The zero-order valence-electron chi connectivity index (χ0n) is 10.3. The fourth-order valence-corrected chi connectivity index (χ4v) is 1.36. The van der Waals surface area contributed by atoms with Crippen molar-refractivity contribution < 1.29 is 24.2 Å². The summed E-state index contributed by atoms with van der Waals surface area (Å²) in [4.78, 5) is 33.7. The van der Waals surface area contributed by atoms with Gasteiger partial charge in [-0.15, -0.1) is 0 Å². The van der Waals surface area contributed by atoms with Crippen LogP contribution in [-0.4, -0.2) is 29.2 Å². The van der Waals surface area contributed by atoms with E-state index in [1.807, 2.05) is 0 Å². The van der Waals surface area contributed by atoms with Gasteiger partial charge in [-0.3, -0.25) is 4.79 Å². The first-order chi connectivity index (χ1) is 8.95. The van der Waals surface area contributed by atoms with E-state index >= 15 is 0 Å². The molecule has 6 nitrogen and oxygen atoms in total. The number of carbonyl (C=O) groups is 3. The van der Waals surface area contributed by atoms with Gasteiger partial charge in [-0.1, -0.05) is 18.7 Å². The van der Waals surface area contributed by atoms with Crippen molar-refractivity contribution in [2.75, 3.05) is 0 Å². The number of aromatic carboxylic acids is 1. The number of nitrogens with one attached hydrogen (secondary N) is 1. The maximum absolute atomic E-state index is 11.8. The third-order valence-corrected chi connectivity index (χ3v) is 2.19. The maximum Gasteiger partial charge on any atom is 0.340 e. The number of benzene rings is 1. The number of carboxylic acid groups (broad SMARTS) is 1. The normalized spacial score (nSPS) is 11.2. The van der Waals surface area contributed by atoms with Crippen molar-refractivity contribution in [1.82, 2.24) is 5.32 Å². The van der Waals surface area contributed by atoms with Gasteiger partial charge >= 0.3 is 11.9 Å². The Morgan fingerprint density at radius 2 is 1.89 bits per heavy atom. The van der Waals surface area contributed by atoms with E-state index in [9.17, 15) is 14.4 Å². The van der Waals surface area contributed by atoms with Crippen LogP contribution in [0, 0.1) is 0 Å². The van der Waals surface area contributed by atoms with E-state index < -0.39 is 24.1 Å². The Balaban J connectivity index is 2.81. The molecule has 100 valence electrons. The molecule has 1 rings (SSSR count). The van der Waals surface area contributed by atoms with Crippen LogP contribution in [0.1, 0.15) is 27.6 Å². The van der Waals surface area contributed by atoms with Crippen molar-refractivity contribution in [3.63, 3.8) is 0 Å².